The third-order valence-electron chi connectivity index (χ3n) is 6.98. The van der Waals surface area contributed by atoms with E-state index >= 15 is 0 Å². The smallest absolute Gasteiger partial charge is 0.308 e. The quantitative estimate of drug-likeness (QED) is 0.111. The van der Waals surface area contributed by atoms with Crippen molar-refractivity contribution < 1.29 is 43.3 Å². The van der Waals surface area contributed by atoms with Crippen LogP contribution < -0.4 is 21.3 Å². The molecule has 0 aliphatic rings. The fourth-order valence-corrected chi connectivity index (χ4v) is 4.54. The van der Waals surface area contributed by atoms with Crippen LogP contribution in [0.25, 0.3) is 0 Å². The summed E-state index contributed by atoms with van der Waals surface area (Å²) >= 11 is 0. The molecule has 0 heterocycles. The highest BCUT2D eigenvalue weighted by Gasteiger charge is 2.32. The molecule has 1 rings (SSSR count). The molecule has 0 aromatic heterocycles. The Morgan fingerprint density at radius 3 is 1.91 bits per heavy atom. The van der Waals surface area contributed by atoms with Crippen LogP contribution in [0, 0.1) is 5.92 Å². The van der Waals surface area contributed by atoms with Gasteiger partial charge in [0.05, 0.1) is 6.42 Å². The van der Waals surface area contributed by atoms with Crippen LogP contribution in [-0.2, 0) is 44.6 Å². The molecule has 13 heteroatoms. The van der Waals surface area contributed by atoms with Crippen LogP contribution in [0.3, 0.4) is 0 Å². The zero-order valence-corrected chi connectivity index (χ0v) is 28.7. The molecule has 260 valence electrons. The Kier molecular flexibility index (Phi) is 17.3. The van der Waals surface area contributed by atoms with Gasteiger partial charge < -0.3 is 40.6 Å². The normalized spacial score (nSPS) is 14.7. The third kappa shape index (κ3) is 15.5. The predicted octanol–water partition coefficient (Wildman–Crippen LogP) is 2.48. The number of aromatic hydroxyl groups is 1. The van der Waals surface area contributed by atoms with Gasteiger partial charge in [0.2, 0.25) is 23.6 Å². The summed E-state index contributed by atoms with van der Waals surface area (Å²) in [6.45, 7) is 16.0. The van der Waals surface area contributed by atoms with Gasteiger partial charge in [-0.05, 0) is 65.2 Å². The molecule has 0 bridgehead atoms. The molecule has 0 saturated heterocycles. The van der Waals surface area contributed by atoms with Gasteiger partial charge in [-0.25, -0.2) is 0 Å². The molecule has 0 saturated carbocycles. The van der Waals surface area contributed by atoms with Gasteiger partial charge in [-0.2, -0.15) is 0 Å². The summed E-state index contributed by atoms with van der Waals surface area (Å²) < 4.78 is 16.7. The number of amides is 4. The van der Waals surface area contributed by atoms with E-state index in [0.717, 1.165) is 0 Å². The van der Waals surface area contributed by atoms with Gasteiger partial charge in [0.25, 0.3) is 0 Å². The first-order chi connectivity index (χ1) is 21.5. The van der Waals surface area contributed by atoms with E-state index in [1.165, 1.54) is 26.0 Å². The molecule has 5 N–H and O–H groups in total. The van der Waals surface area contributed by atoms with Crippen LogP contribution in [0.2, 0.25) is 0 Å². The third-order valence-corrected chi connectivity index (χ3v) is 6.98. The number of rotatable bonds is 19. The Bertz CT molecular complexity index is 1130. The number of carbonyl (C=O) groups excluding carboxylic acids is 5. The van der Waals surface area contributed by atoms with E-state index in [9.17, 15) is 29.1 Å². The summed E-state index contributed by atoms with van der Waals surface area (Å²) in [5, 5.41) is 20.4. The second-order valence-corrected chi connectivity index (χ2v) is 12.3. The Labute approximate surface area is 272 Å². The first kappa shape index (κ1) is 40.3. The standard InChI is InChI=1S/C33H54N4O9/c1-10-20(4)29(37-31(42)26(35-22(6)38)17-23-13-15-25(39)16-14-23)32(43)34-21(5)30(41)36-24(18-27(40)46-33(7,8)9)19-28(44-11-2)45-12-3/h13-16,20-21,24,26,28-29,39H,10-12,17-19H2,1-9H3,(H,34,43)(H,35,38)(H,36,41)(H,37,42)/t20-,21-,24-,26-,29-/m0/s1. The van der Waals surface area contributed by atoms with Crippen molar-refractivity contribution >= 4 is 29.6 Å². The van der Waals surface area contributed by atoms with Crippen molar-refractivity contribution in [2.75, 3.05) is 13.2 Å². The van der Waals surface area contributed by atoms with Gasteiger partial charge in [-0.3, -0.25) is 24.0 Å². The Morgan fingerprint density at radius 2 is 1.41 bits per heavy atom. The molecule has 46 heavy (non-hydrogen) atoms. The number of benzene rings is 1. The van der Waals surface area contributed by atoms with Crippen molar-refractivity contribution in [2.45, 2.75) is 124 Å². The Balaban J connectivity index is 3.07. The molecule has 0 fully saturated rings. The maximum absolute atomic E-state index is 13.5. The van der Waals surface area contributed by atoms with Gasteiger partial charge in [-0.15, -0.1) is 0 Å². The second kappa shape index (κ2) is 19.7. The van der Waals surface area contributed by atoms with Crippen molar-refractivity contribution in [3.63, 3.8) is 0 Å². The van der Waals surface area contributed by atoms with Gasteiger partial charge in [0.15, 0.2) is 6.29 Å². The SMILES string of the molecule is CCOC(C[C@H](CC(=O)OC(C)(C)C)NC(=O)[C@H](C)NC(=O)[C@@H](NC(=O)[C@H](Cc1ccc(O)cc1)NC(C)=O)[C@@H](C)CC)OCC. The van der Waals surface area contributed by atoms with Crippen LogP contribution in [0.15, 0.2) is 24.3 Å². The lowest BCUT2D eigenvalue weighted by Crippen LogP contribution is -2.58. The Hall–Kier alpha value is -3.71. The molecular formula is C33H54N4O9. The number of hydrogen-bond donors (Lipinski definition) is 5. The van der Waals surface area contributed by atoms with Gasteiger partial charge >= 0.3 is 5.97 Å². The summed E-state index contributed by atoms with van der Waals surface area (Å²) in [5.74, 6) is -2.89. The zero-order valence-electron chi connectivity index (χ0n) is 28.7. The molecule has 0 spiro atoms. The predicted molar refractivity (Wildman–Crippen MR) is 172 cm³/mol. The molecule has 0 aliphatic carbocycles. The average molecular weight is 651 g/mol. The minimum Gasteiger partial charge on any atom is -0.508 e. The second-order valence-electron chi connectivity index (χ2n) is 12.3. The molecule has 13 nitrogen and oxygen atoms in total. The molecule has 1 aromatic rings. The highest BCUT2D eigenvalue weighted by Crippen LogP contribution is 2.15. The van der Waals surface area contributed by atoms with Gasteiger partial charge in [0, 0.05) is 39.0 Å². The maximum atomic E-state index is 13.5. The van der Waals surface area contributed by atoms with Crippen molar-refractivity contribution in [1.29, 1.82) is 0 Å². The van der Waals surface area contributed by atoms with Crippen molar-refractivity contribution in [2.24, 2.45) is 5.92 Å². The lowest BCUT2D eigenvalue weighted by atomic mass is 9.96. The number of carbonyl (C=O) groups is 5. The molecule has 1 aromatic carbocycles. The van der Waals surface area contributed by atoms with Crippen LogP contribution in [0.5, 0.6) is 5.75 Å². The van der Waals surface area contributed by atoms with Crippen molar-refractivity contribution in [3.05, 3.63) is 29.8 Å². The van der Waals surface area contributed by atoms with Gasteiger partial charge in [0.1, 0.15) is 29.5 Å². The summed E-state index contributed by atoms with van der Waals surface area (Å²) in [6, 6.07) is 2.49. The van der Waals surface area contributed by atoms with E-state index in [-0.39, 0.29) is 30.9 Å². The minimum absolute atomic E-state index is 0.0653. The molecule has 0 unspecified atom stereocenters. The number of phenols is 1. The summed E-state index contributed by atoms with van der Waals surface area (Å²) in [7, 11) is 0. The fourth-order valence-electron chi connectivity index (χ4n) is 4.54. The summed E-state index contributed by atoms with van der Waals surface area (Å²) in [5.41, 5.74) is -0.0247. The van der Waals surface area contributed by atoms with Crippen LogP contribution in [0.1, 0.15) is 87.1 Å². The summed E-state index contributed by atoms with van der Waals surface area (Å²) in [6.07, 6.45) is 0.0245. The average Bonchev–Trinajstić information content (AvgIpc) is 2.94. The van der Waals surface area contributed by atoms with Crippen LogP contribution >= 0.6 is 0 Å². The highest BCUT2D eigenvalue weighted by atomic mass is 16.7. The first-order valence-corrected chi connectivity index (χ1v) is 15.9. The number of ether oxygens (including phenoxy) is 3. The van der Waals surface area contributed by atoms with E-state index in [1.807, 2.05) is 20.8 Å². The zero-order chi connectivity index (χ0) is 35.0. The highest BCUT2D eigenvalue weighted by molar-refractivity contribution is 5.94. The molecule has 0 aliphatic heterocycles. The monoisotopic (exact) mass is 650 g/mol. The molecule has 5 atom stereocenters. The van der Waals surface area contributed by atoms with E-state index < -0.39 is 65.7 Å². The van der Waals surface area contributed by atoms with Crippen molar-refractivity contribution in [3.8, 4) is 5.75 Å². The van der Waals surface area contributed by atoms with Crippen molar-refractivity contribution in [1.82, 2.24) is 21.3 Å². The Morgan fingerprint density at radius 1 is 0.826 bits per heavy atom. The van der Waals surface area contributed by atoms with Gasteiger partial charge in [-0.1, -0.05) is 32.4 Å². The number of hydrogen-bond acceptors (Lipinski definition) is 9. The van der Waals surface area contributed by atoms with E-state index in [1.54, 1.807) is 39.8 Å². The lowest BCUT2D eigenvalue weighted by molar-refractivity contribution is -0.159. The maximum Gasteiger partial charge on any atom is 0.308 e. The first-order valence-electron chi connectivity index (χ1n) is 15.9. The minimum atomic E-state index is -1.03. The fraction of sp³-hybridized carbons (Fsp3) is 0.667. The number of phenolic OH excluding ortho intramolecular Hbond substituents is 1. The van der Waals surface area contributed by atoms with Crippen LogP contribution in [-0.4, -0.2) is 84.0 Å². The number of esters is 1. The molecular weight excluding hydrogens is 596 g/mol. The van der Waals surface area contributed by atoms with E-state index in [0.29, 0.717) is 25.2 Å². The number of nitrogens with one attached hydrogen (secondary N) is 4. The van der Waals surface area contributed by atoms with Crippen LogP contribution in [0.4, 0.5) is 0 Å². The van der Waals surface area contributed by atoms with E-state index in [2.05, 4.69) is 21.3 Å². The molecule has 4 amide bonds. The largest absolute Gasteiger partial charge is 0.508 e. The van der Waals surface area contributed by atoms with E-state index in [4.69, 9.17) is 14.2 Å². The topological polar surface area (TPSA) is 181 Å². The lowest BCUT2D eigenvalue weighted by Gasteiger charge is -2.29. The summed E-state index contributed by atoms with van der Waals surface area (Å²) in [4.78, 5) is 64.7. The molecule has 0 radical (unpaired) electrons.